The Morgan fingerprint density at radius 2 is 2.05 bits per heavy atom. The number of carbonyl (C=O) groups is 1. The van der Waals surface area contributed by atoms with E-state index in [1.165, 1.54) is 24.8 Å². The van der Waals surface area contributed by atoms with Gasteiger partial charge in [-0.2, -0.15) is 0 Å². The van der Waals surface area contributed by atoms with Gasteiger partial charge in [0.15, 0.2) is 0 Å². The van der Waals surface area contributed by atoms with Crippen molar-refractivity contribution in [2.75, 3.05) is 6.54 Å². The third kappa shape index (κ3) is 4.82. The molecule has 1 saturated carbocycles. The fourth-order valence-electron chi connectivity index (χ4n) is 2.97. The minimum absolute atomic E-state index is 0.104. The van der Waals surface area contributed by atoms with Crippen LogP contribution in [0, 0.1) is 5.92 Å². The van der Waals surface area contributed by atoms with Gasteiger partial charge < -0.3 is 10.6 Å². The zero-order chi connectivity index (χ0) is 15.2. The first kappa shape index (κ1) is 16.5. The monoisotopic (exact) mass is 352 g/mol. The summed E-state index contributed by atoms with van der Waals surface area (Å²) in [7, 11) is 0. The van der Waals surface area contributed by atoms with Crippen LogP contribution >= 0.6 is 15.9 Å². The van der Waals surface area contributed by atoms with Crippen LogP contribution in [0.4, 0.5) is 0 Å². The van der Waals surface area contributed by atoms with E-state index in [4.69, 9.17) is 0 Å². The third-order valence-electron chi connectivity index (χ3n) is 4.40. The Kier molecular flexibility index (Phi) is 6.24. The number of hydrogen-bond acceptors (Lipinski definition) is 2. The van der Waals surface area contributed by atoms with Crippen LogP contribution in [0.25, 0.3) is 0 Å². The van der Waals surface area contributed by atoms with Crippen molar-refractivity contribution in [2.45, 2.75) is 51.6 Å². The van der Waals surface area contributed by atoms with E-state index >= 15 is 0 Å². The molecule has 0 spiro atoms. The molecule has 2 N–H and O–H groups in total. The summed E-state index contributed by atoms with van der Waals surface area (Å²) in [4.78, 5) is 12.1. The molecule has 0 radical (unpaired) electrons. The lowest BCUT2D eigenvalue weighted by Crippen LogP contribution is -2.45. The quantitative estimate of drug-likeness (QED) is 0.846. The lowest BCUT2D eigenvalue weighted by molar-refractivity contribution is -0.121. The molecule has 1 aromatic rings. The van der Waals surface area contributed by atoms with Gasteiger partial charge in [-0.1, -0.05) is 53.9 Å². The smallest absolute Gasteiger partial charge is 0.234 e. The molecule has 1 aliphatic rings. The van der Waals surface area contributed by atoms with Crippen molar-refractivity contribution in [1.82, 2.24) is 10.6 Å². The van der Waals surface area contributed by atoms with Gasteiger partial charge in [0.1, 0.15) is 0 Å². The second-order valence-electron chi connectivity index (χ2n) is 6.06. The maximum atomic E-state index is 12.1. The number of benzene rings is 1. The van der Waals surface area contributed by atoms with Crippen LogP contribution < -0.4 is 10.6 Å². The highest BCUT2D eigenvalue weighted by Crippen LogP contribution is 2.24. The minimum atomic E-state index is 0.104. The normalized spacial score (nSPS) is 23.6. The van der Waals surface area contributed by atoms with Crippen molar-refractivity contribution in [3.63, 3.8) is 0 Å². The molecule has 0 unspecified atom stereocenters. The van der Waals surface area contributed by atoms with E-state index in [0.29, 0.717) is 18.5 Å². The molecule has 116 valence electrons. The van der Waals surface area contributed by atoms with E-state index in [-0.39, 0.29) is 11.9 Å². The highest BCUT2D eigenvalue weighted by molar-refractivity contribution is 9.10. The predicted molar refractivity (Wildman–Crippen MR) is 90.1 cm³/mol. The van der Waals surface area contributed by atoms with Gasteiger partial charge in [-0.25, -0.2) is 0 Å². The lowest BCUT2D eigenvalue weighted by Gasteiger charge is -2.29. The van der Waals surface area contributed by atoms with Crippen molar-refractivity contribution in [1.29, 1.82) is 0 Å². The zero-order valence-corrected chi connectivity index (χ0v) is 14.4. The van der Waals surface area contributed by atoms with E-state index < -0.39 is 0 Å². The van der Waals surface area contributed by atoms with E-state index in [1.807, 2.05) is 18.2 Å². The Hall–Kier alpha value is -0.870. The van der Waals surface area contributed by atoms with E-state index in [2.05, 4.69) is 46.5 Å². The first-order chi connectivity index (χ1) is 10.1. The van der Waals surface area contributed by atoms with Gasteiger partial charge in [-0.3, -0.25) is 4.79 Å². The second-order valence-corrected chi connectivity index (χ2v) is 6.91. The Morgan fingerprint density at radius 3 is 2.76 bits per heavy atom. The van der Waals surface area contributed by atoms with E-state index in [1.54, 1.807) is 0 Å². The summed E-state index contributed by atoms with van der Waals surface area (Å²) in [5.74, 6) is 0.705. The van der Waals surface area contributed by atoms with Crippen LogP contribution in [0.1, 0.15) is 51.1 Å². The number of hydrogen-bond donors (Lipinski definition) is 2. The largest absolute Gasteiger partial charge is 0.352 e. The number of amides is 1. The minimum Gasteiger partial charge on any atom is -0.352 e. The summed E-state index contributed by atoms with van der Waals surface area (Å²) in [6, 6.07) is 8.61. The molecule has 1 fully saturated rings. The first-order valence-corrected chi connectivity index (χ1v) is 8.64. The predicted octanol–water partition coefficient (Wildman–Crippen LogP) is 3.79. The number of rotatable bonds is 5. The molecule has 3 atom stereocenters. The Morgan fingerprint density at radius 1 is 1.33 bits per heavy atom. The first-order valence-electron chi connectivity index (χ1n) is 7.85. The summed E-state index contributed by atoms with van der Waals surface area (Å²) >= 11 is 3.55. The lowest BCUT2D eigenvalue weighted by atomic mass is 9.86. The van der Waals surface area contributed by atoms with Crippen LogP contribution in [0.3, 0.4) is 0 Å². The Labute approximate surface area is 136 Å². The van der Waals surface area contributed by atoms with Gasteiger partial charge in [0, 0.05) is 16.6 Å². The van der Waals surface area contributed by atoms with Gasteiger partial charge >= 0.3 is 0 Å². The maximum absolute atomic E-state index is 12.1. The van der Waals surface area contributed by atoms with Crippen LogP contribution in [0.5, 0.6) is 0 Å². The molecular formula is C17H25BrN2O. The highest BCUT2D eigenvalue weighted by Gasteiger charge is 2.22. The molecule has 0 aromatic heterocycles. The average molecular weight is 353 g/mol. The van der Waals surface area contributed by atoms with Crippen LogP contribution in [-0.2, 0) is 4.79 Å². The van der Waals surface area contributed by atoms with E-state index in [9.17, 15) is 4.79 Å². The Bertz CT molecular complexity index is 478. The molecule has 0 heterocycles. The van der Waals surface area contributed by atoms with Crippen molar-refractivity contribution in [3.8, 4) is 0 Å². The fourth-order valence-corrected chi connectivity index (χ4v) is 3.60. The topological polar surface area (TPSA) is 41.1 Å². The van der Waals surface area contributed by atoms with Crippen molar-refractivity contribution in [3.05, 3.63) is 34.3 Å². The molecule has 0 saturated heterocycles. The summed E-state index contributed by atoms with van der Waals surface area (Å²) < 4.78 is 1.08. The highest BCUT2D eigenvalue weighted by atomic mass is 79.9. The summed E-state index contributed by atoms with van der Waals surface area (Å²) in [5, 5.41) is 6.48. The van der Waals surface area contributed by atoms with Crippen molar-refractivity contribution < 1.29 is 4.79 Å². The third-order valence-corrected chi connectivity index (χ3v) is 5.12. The van der Waals surface area contributed by atoms with Crippen molar-refractivity contribution >= 4 is 21.8 Å². The number of halogens is 1. The van der Waals surface area contributed by atoms with Crippen LogP contribution in [-0.4, -0.2) is 18.5 Å². The molecule has 21 heavy (non-hydrogen) atoms. The van der Waals surface area contributed by atoms with Gasteiger partial charge in [0.25, 0.3) is 0 Å². The van der Waals surface area contributed by atoms with Gasteiger partial charge in [-0.05, 0) is 37.3 Å². The molecule has 2 rings (SSSR count). The molecule has 1 aliphatic carbocycles. The zero-order valence-electron chi connectivity index (χ0n) is 12.9. The van der Waals surface area contributed by atoms with Gasteiger partial charge in [-0.15, -0.1) is 0 Å². The molecule has 0 aliphatic heterocycles. The molecule has 3 nitrogen and oxygen atoms in total. The molecule has 1 amide bonds. The number of carbonyl (C=O) groups excluding carboxylic acids is 1. The molecule has 4 heteroatoms. The van der Waals surface area contributed by atoms with Gasteiger partial charge in [0.2, 0.25) is 5.91 Å². The number of nitrogens with one attached hydrogen (secondary N) is 2. The maximum Gasteiger partial charge on any atom is 0.234 e. The molecular weight excluding hydrogens is 328 g/mol. The Balaban J connectivity index is 1.79. The second kappa shape index (κ2) is 7.95. The standard InChI is InChI=1S/C17H25BrN2O/c1-12-7-3-6-10-16(12)20-17(21)11-19-13(2)14-8-4-5-9-15(14)18/h4-5,8-9,12-13,16,19H,3,6-7,10-11H2,1-2H3,(H,20,21)/t12-,13-,16+/m0/s1. The summed E-state index contributed by atoms with van der Waals surface area (Å²) in [6.45, 7) is 4.68. The van der Waals surface area contributed by atoms with Gasteiger partial charge in [0.05, 0.1) is 6.54 Å². The molecule has 0 bridgehead atoms. The van der Waals surface area contributed by atoms with Crippen molar-refractivity contribution in [2.24, 2.45) is 5.92 Å². The average Bonchev–Trinajstić information content (AvgIpc) is 2.48. The van der Waals surface area contributed by atoms with Crippen LogP contribution in [0.2, 0.25) is 0 Å². The van der Waals surface area contributed by atoms with E-state index in [0.717, 1.165) is 10.9 Å². The summed E-state index contributed by atoms with van der Waals surface area (Å²) in [5.41, 5.74) is 1.18. The molecule has 1 aromatic carbocycles. The SMILES string of the molecule is C[C@H](NCC(=O)N[C@@H]1CCCC[C@@H]1C)c1ccccc1Br. The fraction of sp³-hybridized carbons (Fsp3) is 0.588. The van der Waals surface area contributed by atoms with Crippen LogP contribution in [0.15, 0.2) is 28.7 Å². The summed E-state index contributed by atoms with van der Waals surface area (Å²) in [6.07, 6.45) is 4.87.